The lowest BCUT2D eigenvalue weighted by Gasteiger charge is -2.49. The number of rotatable bonds is 3. The van der Waals surface area contributed by atoms with E-state index in [1.165, 1.54) is 32.1 Å². The molecular formula is C21H36N2O3. The number of nitrogens with zero attached hydrogens (tertiary/aromatic N) is 2. The summed E-state index contributed by atoms with van der Waals surface area (Å²) in [6.07, 6.45) is 10.1. The molecule has 0 spiro atoms. The Morgan fingerprint density at radius 2 is 1.73 bits per heavy atom. The number of ether oxygens (including phenoxy) is 1. The van der Waals surface area contributed by atoms with Gasteiger partial charge in [0, 0.05) is 32.6 Å². The van der Waals surface area contributed by atoms with Gasteiger partial charge in [-0.25, -0.2) is 4.79 Å². The Morgan fingerprint density at radius 3 is 2.27 bits per heavy atom. The van der Waals surface area contributed by atoms with Crippen molar-refractivity contribution in [3.05, 3.63) is 0 Å². The highest BCUT2D eigenvalue weighted by Gasteiger charge is 2.45. The molecule has 3 aliphatic rings. The molecule has 0 aromatic heterocycles. The molecule has 0 aromatic carbocycles. The third-order valence-corrected chi connectivity index (χ3v) is 6.56. The maximum Gasteiger partial charge on any atom is 0.410 e. The number of likely N-dealkylation sites (tertiary alicyclic amines) is 2. The molecule has 1 saturated carbocycles. The third-order valence-electron chi connectivity index (χ3n) is 6.56. The second-order valence-corrected chi connectivity index (χ2v) is 9.58. The molecule has 2 saturated heterocycles. The third kappa shape index (κ3) is 4.52. The van der Waals surface area contributed by atoms with Crippen molar-refractivity contribution in [2.24, 2.45) is 11.3 Å². The fourth-order valence-electron chi connectivity index (χ4n) is 5.12. The molecular weight excluding hydrogens is 328 g/mol. The van der Waals surface area contributed by atoms with Crippen molar-refractivity contribution in [2.45, 2.75) is 84.2 Å². The summed E-state index contributed by atoms with van der Waals surface area (Å²) < 4.78 is 5.56. The van der Waals surface area contributed by atoms with Crippen LogP contribution in [-0.4, -0.2) is 53.6 Å². The maximum absolute atomic E-state index is 12.4. The van der Waals surface area contributed by atoms with E-state index in [4.69, 9.17) is 4.74 Å². The summed E-state index contributed by atoms with van der Waals surface area (Å²) in [5.74, 6) is 1.03. The minimum atomic E-state index is -0.447. The topological polar surface area (TPSA) is 49.9 Å². The molecule has 26 heavy (non-hydrogen) atoms. The van der Waals surface area contributed by atoms with E-state index in [9.17, 15) is 9.59 Å². The van der Waals surface area contributed by atoms with Crippen LogP contribution in [-0.2, 0) is 9.53 Å². The van der Waals surface area contributed by atoms with Gasteiger partial charge in [0.1, 0.15) is 5.60 Å². The van der Waals surface area contributed by atoms with Crippen LogP contribution in [0.15, 0.2) is 0 Å². The van der Waals surface area contributed by atoms with E-state index >= 15 is 0 Å². The van der Waals surface area contributed by atoms with Crippen LogP contribution in [0.3, 0.4) is 0 Å². The molecule has 1 aliphatic carbocycles. The van der Waals surface area contributed by atoms with Crippen LogP contribution in [0.2, 0.25) is 0 Å². The molecule has 5 heteroatoms. The van der Waals surface area contributed by atoms with Crippen molar-refractivity contribution < 1.29 is 14.3 Å². The summed E-state index contributed by atoms with van der Waals surface area (Å²) in [6.45, 7) is 9.09. The number of amides is 2. The zero-order valence-electron chi connectivity index (χ0n) is 16.9. The lowest BCUT2D eigenvalue weighted by atomic mass is 9.63. The van der Waals surface area contributed by atoms with Crippen LogP contribution >= 0.6 is 0 Å². The fourth-order valence-corrected chi connectivity index (χ4v) is 5.12. The molecule has 3 fully saturated rings. The number of piperidine rings is 1. The zero-order valence-corrected chi connectivity index (χ0v) is 16.9. The van der Waals surface area contributed by atoms with Gasteiger partial charge < -0.3 is 14.5 Å². The van der Waals surface area contributed by atoms with E-state index in [-0.39, 0.29) is 11.5 Å². The Bertz CT molecular complexity index is 512. The fraction of sp³-hybridized carbons (Fsp3) is 0.905. The highest BCUT2D eigenvalue weighted by atomic mass is 16.6. The summed E-state index contributed by atoms with van der Waals surface area (Å²) in [5.41, 5.74) is -0.254. The minimum absolute atomic E-state index is 0.188. The first-order chi connectivity index (χ1) is 12.3. The van der Waals surface area contributed by atoms with Gasteiger partial charge >= 0.3 is 6.09 Å². The Hall–Kier alpha value is -1.26. The lowest BCUT2D eigenvalue weighted by Crippen LogP contribution is -2.52. The SMILES string of the molecule is CC(C)(C)OC(=O)N1CCC(CN2CCCC2=O)(C2CCCCC2)CC1. The minimum Gasteiger partial charge on any atom is -0.444 e. The van der Waals surface area contributed by atoms with Crippen LogP contribution in [0.1, 0.15) is 78.6 Å². The first kappa shape index (κ1) is 19.5. The number of carbonyl (C=O) groups is 2. The quantitative estimate of drug-likeness (QED) is 0.754. The molecule has 3 rings (SSSR count). The van der Waals surface area contributed by atoms with Gasteiger partial charge in [-0.15, -0.1) is 0 Å². The van der Waals surface area contributed by atoms with E-state index in [1.54, 1.807) is 0 Å². The van der Waals surface area contributed by atoms with Crippen molar-refractivity contribution in [1.29, 1.82) is 0 Å². The molecule has 2 amide bonds. The molecule has 5 nitrogen and oxygen atoms in total. The van der Waals surface area contributed by atoms with Gasteiger partial charge in [0.15, 0.2) is 0 Å². The molecule has 0 unspecified atom stereocenters. The average Bonchev–Trinajstić information content (AvgIpc) is 2.99. The molecule has 0 bridgehead atoms. The van der Waals surface area contributed by atoms with E-state index in [2.05, 4.69) is 4.90 Å². The van der Waals surface area contributed by atoms with Gasteiger partial charge in [0.05, 0.1) is 0 Å². The predicted octanol–water partition coefficient (Wildman–Crippen LogP) is 4.21. The first-order valence-electron chi connectivity index (χ1n) is 10.5. The van der Waals surface area contributed by atoms with Gasteiger partial charge in [-0.2, -0.15) is 0 Å². The Kier molecular flexibility index (Phi) is 5.83. The molecule has 2 aliphatic heterocycles. The molecule has 0 N–H and O–H groups in total. The van der Waals surface area contributed by atoms with Crippen LogP contribution in [0.5, 0.6) is 0 Å². The molecule has 2 heterocycles. The van der Waals surface area contributed by atoms with Crippen LogP contribution in [0.25, 0.3) is 0 Å². The normalized spacial score (nSPS) is 24.8. The van der Waals surface area contributed by atoms with Crippen molar-refractivity contribution in [1.82, 2.24) is 9.80 Å². The highest BCUT2D eigenvalue weighted by molar-refractivity contribution is 5.78. The van der Waals surface area contributed by atoms with Gasteiger partial charge in [-0.05, 0) is 64.2 Å². The first-order valence-corrected chi connectivity index (χ1v) is 10.5. The molecule has 148 valence electrons. The number of hydrogen-bond acceptors (Lipinski definition) is 3. The van der Waals surface area contributed by atoms with E-state index in [0.717, 1.165) is 45.4 Å². The maximum atomic E-state index is 12.4. The average molecular weight is 365 g/mol. The monoisotopic (exact) mass is 364 g/mol. The Morgan fingerprint density at radius 1 is 1.08 bits per heavy atom. The summed E-state index contributed by atoms with van der Waals surface area (Å²) in [6, 6.07) is 0. The summed E-state index contributed by atoms with van der Waals surface area (Å²) in [5, 5.41) is 0. The van der Waals surface area contributed by atoms with E-state index in [1.807, 2.05) is 25.7 Å². The molecule has 0 radical (unpaired) electrons. The van der Waals surface area contributed by atoms with Crippen molar-refractivity contribution in [3.8, 4) is 0 Å². The Labute approximate surface area is 158 Å². The van der Waals surface area contributed by atoms with Crippen LogP contribution in [0.4, 0.5) is 4.79 Å². The second-order valence-electron chi connectivity index (χ2n) is 9.58. The standard InChI is InChI=1S/C21H36N2O3/c1-20(2,3)26-19(25)22-14-11-21(12-15-22,17-8-5-4-6-9-17)16-23-13-7-10-18(23)24/h17H,4-16H2,1-3H3. The summed E-state index contributed by atoms with van der Waals surface area (Å²) in [4.78, 5) is 28.7. The molecule has 0 atom stereocenters. The largest absolute Gasteiger partial charge is 0.444 e. The van der Waals surface area contributed by atoms with Crippen molar-refractivity contribution >= 4 is 12.0 Å². The van der Waals surface area contributed by atoms with Crippen LogP contribution < -0.4 is 0 Å². The van der Waals surface area contributed by atoms with Gasteiger partial charge in [-0.1, -0.05) is 19.3 Å². The summed E-state index contributed by atoms with van der Waals surface area (Å²) >= 11 is 0. The highest BCUT2D eigenvalue weighted by Crippen LogP contribution is 2.47. The zero-order chi connectivity index (χ0) is 18.8. The lowest BCUT2D eigenvalue weighted by molar-refractivity contribution is -0.130. The van der Waals surface area contributed by atoms with E-state index < -0.39 is 5.60 Å². The van der Waals surface area contributed by atoms with Gasteiger partial charge in [0.2, 0.25) is 5.91 Å². The number of hydrogen-bond donors (Lipinski definition) is 0. The second kappa shape index (κ2) is 7.77. The van der Waals surface area contributed by atoms with Gasteiger partial charge in [0.25, 0.3) is 0 Å². The van der Waals surface area contributed by atoms with Crippen molar-refractivity contribution in [3.63, 3.8) is 0 Å². The van der Waals surface area contributed by atoms with Crippen molar-refractivity contribution in [2.75, 3.05) is 26.2 Å². The molecule has 0 aromatic rings. The smallest absolute Gasteiger partial charge is 0.410 e. The van der Waals surface area contributed by atoms with Crippen LogP contribution in [0, 0.1) is 11.3 Å². The number of carbonyl (C=O) groups excluding carboxylic acids is 2. The van der Waals surface area contributed by atoms with E-state index in [0.29, 0.717) is 18.2 Å². The summed E-state index contributed by atoms with van der Waals surface area (Å²) in [7, 11) is 0. The predicted molar refractivity (Wildman–Crippen MR) is 102 cm³/mol. The Balaban J connectivity index is 1.67. The van der Waals surface area contributed by atoms with Gasteiger partial charge in [-0.3, -0.25) is 4.79 Å².